The van der Waals surface area contributed by atoms with Crippen LogP contribution in [0.15, 0.2) is 42.1 Å². The maximum Gasteiger partial charge on any atom is 0.251 e. The van der Waals surface area contributed by atoms with Gasteiger partial charge in [0.1, 0.15) is 5.75 Å². The summed E-state index contributed by atoms with van der Waals surface area (Å²) in [5.41, 5.74) is 18.8. The van der Waals surface area contributed by atoms with Crippen LogP contribution in [0.3, 0.4) is 0 Å². The van der Waals surface area contributed by atoms with E-state index in [-0.39, 0.29) is 35.7 Å². The Hall–Kier alpha value is -3.27. The van der Waals surface area contributed by atoms with E-state index in [1.54, 1.807) is 23.1 Å². The number of allylic oxidation sites excluding steroid dienone is 2. The van der Waals surface area contributed by atoms with Gasteiger partial charge in [0.05, 0.1) is 12.8 Å². The Bertz CT molecular complexity index is 919. The average molecular weight is 492 g/mol. The number of nitrogens with zero attached hydrogens (tertiary/aromatic N) is 1. The van der Waals surface area contributed by atoms with E-state index in [1.165, 1.54) is 12.2 Å². The summed E-state index contributed by atoms with van der Waals surface area (Å²) in [4.78, 5) is 26.5. The number of nitrogens with two attached hydrogens (primary N) is 3. The van der Waals surface area contributed by atoms with Crippen molar-refractivity contribution in [3.63, 3.8) is 0 Å². The molecule has 0 bridgehead atoms. The Morgan fingerprint density at radius 1 is 1.23 bits per heavy atom. The Morgan fingerprint density at radius 2 is 1.97 bits per heavy atom. The third-order valence-corrected chi connectivity index (χ3v) is 5.38. The van der Waals surface area contributed by atoms with Crippen LogP contribution in [-0.2, 0) is 16.1 Å². The van der Waals surface area contributed by atoms with Crippen LogP contribution >= 0.6 is 0 Å². The molecule has 1 saturated heterocycles. The second-order valence-electron chi connectivity index (χ2n) is 8.78. The van der Waals surface area contributed by atoms with E-state index in [0.717, 1.165) is 12.0 Å². The normalized spacial score (nSPS) is 15.5. The molecule has 0 radical (unpaired) electrons. The lowest BCUT2D eigenvalue weighted by Crippen LogP contribution is -2.30. The lowest BCUT2D eigenvalue weighted by atomic mass is 10.1. The molecule has 194 valence electrons. The SMILES string of the molecule is CC(C)O/C(N)=C/C=C(\N)Oc1cc(C(=O)NCCC(N)CCCF)ccc1CN1CCCC1=O. The molecule has 10 heteroatoms. The van der Waals surface area contributed by atoms with Crippen LogP contribution in [0.5, 0.6) is 5.75 Å². The van der Waals surface area contributed by atoms with Gasteiger partial charge in [-0.3, -0.25) is 14.0 Å². The van der Waals surface area contributed by atoms with Gasteiger partial charge in [-0.25, -0.2) is 0 Å². The number of carbonyl (C=O) groups is 2. The molecule has 2 rings (SSSR count). The van der Waals surface area contributed by atoms with Gasteiger partial charge >= 0.3 is 0 Å². The van der Waals surface area contributed by atoms with Gasteiger partial charge in [-0.1, -0.05) is 6.07 Å². The van der Waals surface area contributed by atoms with E-state index in [2.05, 4.69) is 5.32 Å². The molecule has 1 atom stereocenters. The van der Waals surface area contributed by atoms with Gasteiger partial charge in [-0.15, -0.1) is 0 Å². The molecule has 1 aromatic rings. The van der Waals surface area contributed by atoms with Crippen LogP contribution in [0.1, 0.15) is 61.9 Å². The topological polar surface area (TPSA) is 146 Å². The number of rotatable bonds is 14. The fourth-order valence-corrected chi connectivity index (χ4v) is 3.59. The number of amides is 2. The third-order valence-electron chi connectivity index (χ3n) is 5.38. The number of alkyl halides is 1. The predicted octanol–water partition coefficient (Wildman–Crippen LogP) is 2.41. The zero-order valence-corrected chi connectivity index (χ0v) is 20.6. The molecule has 0 aromatic heterocycles. The summed E-state index contributed by atoms with van der Waals surface area (Å²) < 4.78 is 23.5. The van der Waals surface area contributed by atoms with Gasteiger partial charge in [-0.05, 0) is 51.7 Å². The molecule has 1 aromatic carbocycles. The van der Waals surface area contributed by atoms with E-state index >= 15 is 0 Å². The Balaban J connectivity index is 2.14. The monoisotopic (exact) mass is 491 g/mol. The molecule has 0 saturated carbocycles. The van der Waals surface area contributed by atoms with Crippen LogP contribution in [-0.4, -0.2) is 48.6 Å². The van der Waals surface area contributed by atoms with Gasteiger partial charge in [0.25, 0.3) is 5.91 Å². The summed E-state index contributed by atoms with van der Waals surface area (Å²) in [7, 11) is 0. The summed E-state index contributed by atoms with van der Waals surface area (Å²) in [6.07, 6.45) is 5.73. The second-order valence-corrected chi connectivity index (χ2v) is 8.78. The zero-order valence-electron chi connectivity index (χ0n) is 20.6. The Labute approximate surface area is 206 Å². The molecular formula is C25H38FN5O4. The fraction of sp³-hybridized carbons (Fsp3) is 0.520. The zero-order chi connectivity index (χ0) is 25.8. The molecule has 9 nitrogen and oxygen atoms in total. The summed E-state index contributed by atoms with van der Waals surface area (Å²) in [5.74, 6) is 0.376. The summed E-state index contributed by atoms with van der Waals surface area (Å²) >= 11 is 0. The maximum atomic E-state index is 12.7. The van der Waals surface area contributed by atoms with E-state index in [0.29, 0.717) is 56.6 Å². The van der Waals surface area contributed by atoms with Gasteiger partial charge < -0.3 is 36.9 Å². The Morgan fingerprint density at radius 3 is 2.63 bits per heavy atom. The van der Waals surface area contributed by atoms with Crippen LogP contribution in [0.2, 0.25) is 0 Å². The molecule has 1 unspecified atom stereocenters. The average Bonchev–Trinajstić information content (AvgIpc) is 3.21. The third kappa shape index (κ3) is 9.86. The van der Waals surface area contributed by atoms with Crippen molar-refractivity contribution >= 4 is 11.8 Å². The van der Waals surface area contributed by atoms with Gasteiger partial charge in [0.15, 0.2) is 11.8 Å². The number of hydrogen-bond acceptors (Lipinski definition) is 7. The number of hydrogen-bond donors (Lipinski definition) is 4. The maximum absolute atomic E-state index is 12.7. The van der Waals surface area contributed by atoms with Gasteiger partial charge in [-0.2, -0.15) is 0 Å². The first-order valence-electron chi connectivity index (χ1n) is 12.0. The highest BCUT2D eigenvalue weighted by Gasteiger charge is 2.22. The number of benzene rings is 1. The van der Waals surface area contributed by atoms with Crippen molar-refractivity contribution in [1.29, 1.82) is 0 Å². The summed E-state index contributed by atoms with van der Waals surface area (Å²) in [6.45, 7) is 4.69. The first kappa shape index (κ1) is 28.0. The molecule has 1 heterocycles. The summed E-state index contributed by atoms with van der Waals surface area (Å²) in [6, 6.07) is 4.85. The highest BCUT2D eigenvalue weighted by atomic mass is 19.1. The van der Waals surface area contributed by atoms with E-state index in [4.69, 9.17) is 26.7 Å². The molecule has 0 aliphatic carbocycles. The molecule has 2 amide bonds. The lowest BCUT2D eigenvalue weighted by Gasteiger charge is -2.19. The lowest BCUT2D eigenvalue weighted by molar-refractivity contribution is -0.128. The molecule has 0 spiro atoms. The van der Waals surface area contributed by atoms with Crippen molar-refractivity contribution in [1.82, 2.24) is 10.2 Å². The van der Waals surface area contributed by atoms with Crippen LogP contribution < -0.4 is 27.3 Å². The highest BCUT2D eigenvalue weighted by molar-refractivity contribution is 5.94. The molecule has 35 heavy (non-hydrogen) atoms. The Kier molecular flexibility index (Phi) is 11.4. The van der Waals surface area contributed by atoms with Crippen LogP contribution in [0, 0.1) is 0 Å². The van der Waals surface area contributed by atoms with Gasteiger partial charge in [0, 0.05) is 55.4 Å². The molecule has 1 aliphatic rings. The number of carbonyl (C=O) groups excluding carboxylic acids is 2. The quantitative estimate of drug-likeness (QED) is 0.231. The summed E-state index contributed by atoms with van der Waals surface area (Å²) in [5, 5.41) is 2.82. The van der Waals surface area contributed by atoms with E-state index < -0.39 is 6.67 Å². The molecular weight excluding hydrogens is 453 g/mol. The predicted molar refractivity (Wildman–Crippen MR) is 133 cm³/mol. The number of halogens is 1. The van der Waals surface area contributed by atoms with Crippen molar-refractivity contribution < 1.29 is 23.5 Å². The van der Waals surface area contributed by atoms with Crippen molar-refractivity contribution in [2.24, 2.45) is 17.2 Å². The minimum atomic E-state index is -0.400. The largest absolute Gasteiger partial charge is 0.477 e. The number of ether oxygens (including phenoxy) is 2. The van der Waals surface area contributed by atoms with Crippen molar-refractivity contribution in [2.75, 3.05) is 19.8 Å². The van der Waals surface area contributed by atoms with Crippen molar-refractivity contribution in [2.45, 2.75) is 64.6 Å². The molecule has 1 fully saturated rings. The minimum absolute atomic E-state index is 0.0469. The first-order valence-corrected chi connectivity index (χ1v) is 12.0. The van der Waals surface area contributed by atoms with Crippen LogP contribution in [0.4, 0.5) is 4.39 Å². The number of likely N-dealkylation sites (tertiary alicyclic amines) is 1. The standard InChI is InChI=1S/C25H38FN5O4/c1-17(2)34-22(28)9-10-23(29)35-21-15-18(25(33)30-13-11-20(27)5-3-12-26)7-8-19(21)16-31-14-4-6-24(31)32/h7-10,15,17,20H,3-6,11-14,16,27-29H2,1-2H3,(H,30,33)/b22-9+,23-10+. The molecule has 7 N–H and O–H groups in total. The van der Waals surface area contributed by atoms with Crippen LogP contribution in [0.25, 0.3) is 0 Å². The van der Waals surface area contributed by atoms with E-state index in [9.17, 15) is 14.0 Å². The second kappa shape index (κ2) is 14.2. The highest BCUT2D eigenvalue weighted by Crippen LogP contribution is 2.25. The van der Waals surface area contributed by atoms with Crippen molar-refractivity contribution in [3.05, 3.63) is 53.2 Å². The van der Waals surface area contributed by atoms with Gasteiger partial charge in [0.2, 0.25) is 5.91 Å². The smallest absolute Gasteiger partial charge is 0.251 e. The van der Waals surface area contributed by atoms with E-state index in [1.807, 2.05) is 13.8 Å². The fourth-order valence-electron chi connectivity index (χ4n) is 3.59. The number of nitrogens with one attached hydrogen (secondary N) is 1. The minimum Gasteiger partial charge on any atom is -0.477 e. The molecule has 1 aliphatic heterocycles. The van der Waals surface area contributed by atoms with Crippen molar-refractivity contribution in [3.8, 4) is 5.75 Å². The first-order chi connectivity index (χ1) is 16.7.